The molecule has 1 aliphatic heterocycles. The van der Waals surface area contributed by atoms with Crippen molar-refractivity contribution < 1.29 is 32.5 Å². The van der Waals surface area contributed by atoms with Gasteiger partial charge in [0.15, 0.2) is 0 Å². The highest BCUT2D eigenvalue weighted by molar-refractivity contribution is 5.79. The van der Waals surface area contributed by atoms with Crippen molar-refractivity contribution >= 4 is 5.97 Å². The van der Waals surface area contributed by atoms with Gasteiger partial charge in [-0.25, -0.2) is 13.8 Å². The largest absolute Gasteiger partial charge is 0.490 e. The molecule has 2 heterocycles. The lowest BCUT2D eigenvalue weighted by Crippen LogP contribution is -2.37. The lowest BCUT2D eigenvalue weighted by atomic mass is 9.94. The summed E-state index contributed by atoms with van der Waals surface area (Å²) in [5.74, 6) is 0.973. The van der Waals surface area contributed by atoms with Crippen molar-refractivity contribution in [2.24, 2.45) is 11.8 Å². The van der Waals surface area contributed by atoms with E-state index in [0.29, 0.717) is 49.9 Å². The van der Waals surface area contributed by atoms with E-state index >= 15 is 0 Å². The highest BCUT2D eigenvalue weighted by atomic mass is 19.1. The third kappa shape index (κ3) is 5.54. The Hall–Kier alpha value is -3.52. The van der Waals surface area contributed by atoms with E-state index in [9.17, 15) is 13.6 Å². The number of esters is 1. The predicted molar refractivity (Wildman–Crippen MR) is 149 cm³/mol. The zero-order chi connectivity index (χ0) is 28.7. The second-order valence-electron chi connectivity index (χ2n) is 11.5. The molecule has 8 heteroatoms. The van der Waals surface area contributed by atoms with Gasteiger partial charge in [0.2, 0.25) is 5.88 Å². The second-order valence-corrected chi connectivity index (χ2v) is 11.5. The highest BCUT2D eigenvalue weighted by Gasteiger charge is 2.60. The van der Waals surface area contributed by atoms with E-state index in [1.54, 1.807) is 18.3 Å². The lowest BCUT2D eigenvalue weighted by molar-refractivity contribution is -0.145. The number of benzene rings is 2. The van der Waals surface area contributed by atoms with Gasteiger partial charge in [0, 0.05) is 49.8 Å². The van der Waals surface area contributed by atoms with Gasteiger partial charge in [-0.15, -0.1) is 0 Å². The van der Waals surface area contributed by atoms with E-state index in [1.807, 2.05) is 39.0 Å². The fourth-order valence-electron chi connectivity index (χ4n) is 6.46. The number of carbonyl (C=O) groups is 1. The number of rotatable bonds is 9. The van der Waals surface area contributed by atoms with Gasteiger partial charge in [0.1, 0.15) is 30.4 Å². The third-order valence-corrected chi connectivity index (χ3v) is 8.64. The maximum absolute atomic E-state index is 15.0. The maximum atomic E-state index is 15.0. The summed E-state index contributed by atoms with van der Waals surface area (Å²) in [7, 11) is 0. The van der Waals surface area contributed by atoms with Crippen LogP contribution in [-0.2, 0) is 27.3 Å². The number of ether oxygens (including phenoxy) is 4. The summed E-state index contributed by atoms with van der Waals surface area (Å²) in [6.45, 7) is 7.01. The van der Waals surface area contributed by atoms with Gasteiger partial charge in [0.05, 0.1) is 12.5 Å². The van der Waals surface area contributed by atoms with Crippen LogP contribution in [0.2, 0.25) is 0 Å². The normalized spacial score (nSPS) is 22.0. The fraction of sp³-hybridized carbons (Fsp3) is 0.455. The number of carbonyl (C=O) groups excluding carboxylic acids is 1. The van der Waals surface area contributed by atoms with Gasteiger partial charge >= 0.3 is 5.97 Å². The first-order valence-electron chi connectivity index (χ1n) is 14.3. The summed E-state index contributed by atoms with van der Waals surface area (Å²) in [4.78, 5) is 16.6. The molecule has 1 saturated heterocycles. The summed E-state index contributed by atoms with van der Waals surface area (Å²) in [5.41, 5.74) is 5.02. The SMILES string of the molecule is CCOC(=O)[C@H]1[C@@H]2Cc3cc(OCc4cc(-c5c(C)cc(OCC6(F)CCOCC6)cc5C)ccc4F)ncc3[C@@H]21. The van der Waals surface area contributed by atoms with Crippen LogP contribution in [0.25, 0.3) is 11.1 Å². The van der Waals surface area contributed by atoms with Crippen LogP contribution >= 0.6 is 0 Å². The number of pyridine rings is 1. The number of halogens is 2. The minimum Gasteiger partial charge on any atom is -0.490 e. The number of hydrogen-bond acceptors (Lipinski definition) is 6. The maximum Gasteiger partial charge on any atom is 0.309 e. The number of hydrogen-bond donors (Lipinski definition) is 0. The van der Waals surface area contributed by atoms with Crippen LogP contribution in [0.5, 0.6) is 11.6 Å². The Morgan fingerprint density at radius 3 is 2.59 bits per heavy atom. The Labute approximate surface area is 239 Å². The first-order valence-corrected chi connectivity index (χ1v) is 14.3. The smallest absolute Gasteiger partial charge is 0.309 e. The fourth-order valence-corrected chi connectivity index (χ4v) is 6.46. The molecule has 3 aromatic rings. The van der Waals surface area contributed by atoms with Crippen molar-refractivity contribution in [3.05, 3.63) is 76.2 Å². The van der Waals surface area contributed by atoms with Crippen LogP contribution in [0.4, 0.5) is 8.78 Å². The van der Waals surface area contributed by atoms with E-state index in [2.05, 4.69) is 4.98 Å². The van der Waals surface area contributed by atoms with Crippen molar-refractivity contribution in [1.82, 2.24) is 4.98 Å². The number of aromatic nitrogens is 1. The molecule has 1 saturated carbocycles. The molecule has 0 amide bonds. The molecule has 2 aromatic carbocycles. The molecule has 6 rings (SSSR count). The van der Waals surface area contributed by atoms with Crippen LogP contribution in [0.1, 0.15) is 53.5 Å². The van der Waals surface area contributed by atoms with E-state index in [-0.39, 0.29) is 42.8 Å². The molecular formula is C33H35F2NO5. The summed E-state index contributed by atoms with van der Waals surface area (Å²) < 4.78 is 52.0. The van der Waals surface area contributed by atoms with Crippen molar-refractivity contribution in [3.8, 4) is 22.8 Å². The van der Waals surface area contributed by atoms with Crippen LogP contribution in [0.3, 0.4) is 0 Å². The Kier molecular flexibility index (Phi) is 7.45. The molecule has 2 fully saturated rings. The van der Waals surface area contributed by atoms with Gasteiger partial charge in [-0.05, 0) is 90.8 Å². The molecule has 3 aliphatic rings. The van der Waals surface area contributed by atoms with Crippen LogP contribution in [0.15, 0.2) is 42.6 Å². The van der Waals surface area contributed by atoms with E-state index in [1.165, 1.54) is 6.07 Å². The average molecular weight is 564 g/mol. The Balaban J connectivity index is 1.13. The van der Waals surface area contributed by atoms with E-state index in [0.717, 1.165) is 39.8 Å². The third-order valence-electron chi connectivity index (χ3n) is 8.64. The predicted octanol–water partition coefficient (Wildman–Crippen LogP) is 6.43. The molecule has 1 aromatic heterocycles. The van der Waals surface area contributed by atoms with Gasteiger partial charge in [0.25, 0.3) is 0 Å². The monoisotopic (exact) mass is 563 g/mol. The summed E-state index contributed by atoms with van der Waals surface area (Å²) in [6.07, 6.45) is 3.25. The second kappa shape index (κ2) is 11.0. The minimum absolute atomic E-state index is 0.00333. The first kappa shape index (κ1) is 27.6. The zero-order valence-corrected chi connectivity index (χ0v) is 23.7. The summed E-state index contributed by atoms with van der Waals surface area (Å²) >= 11 is 0. The Morgan fingerprint density at radius 2 is 1.85 bits per heavy atom. The zero-order valence-electron chi connectivity index (χ0n) is 23.7. The molecule has 41 heavy (non-hydrogen) atoms. The lowest BCUT2D eigenvalue weighted by Gasteiger charge is -2.29. The van der Waals surface area contributed by atoms with Crippen molar-refractivity contribution in [3.63, 3.8) is 0 Å². The van der Waals surface area contributed by atoms with Gasteiger partial charge in [-0.1, -0.05) is 6.07 Å². The van der Waals surface area contributed by atoms with Crippen molar-refractivity contribution in [2.45, 2.75) is 58.2 Å². The molecule has 216 valence electrons. The topological polar surface area (TPSA) is 66.9 Å². The summed E-state index contributed by atoms with van der Waals surface area (Å²) in [6, 6.07) is 10.7. The van der Waals surface area contributed by atoms with Crippen LogP contribution in [0, 0.1) is 31.5 Å². The highest BCUT2D eigenvalue weighted by Crippen LogP contribution is 2.61. The van der Waals surface area contributed by atoms with Crippen LogP contribution < -0.4 is 9.47 Å². The molecule has 2 aliphatic carbocycles. The standard InChI is InChI=1S/C33H35F2NO5/c1-4-39-32(37)31-25-14-22-15-28(36-16-26(22)30(25)31)40-17-23-13-21(5-6-27(23)34)29-19(2)11-24(12-20(29)3)41-18-33(35)7-9-38-10-8-33/h5-6,11-13,15-16,25,30-31H,4,7-10,14,17-18H2,1-3H3/t25-,30-,31+/m1/s1. The van der Waals surface area contributed by atoms with Gasteiger partial charge in [-0.2, -0.15) is 0 Å². The quantitative estimate of drug-likeness (QED) is 0.280. The van der Waals surface area contributed by atoms with Crippen molar-refractivity contribution in [2.75, 3.05) is 26.4 Å². The Bertz CT molecular complexity index is 1440. The molecule has 0 radical (unpaired) electrons. The number of aryl methyl sites for hydroxylation is 2. The van der Waals surface area contributed by atoms with E-state index < -0.39 is 5.67 Å². The summed E-state index contributed by atoms with van der Waals surface area (Å²) in [5, 5.41) is 0. The average Bonchev–Trinajstić information content (AvgIpc) is 3.54. The molecular weight excluding hydrogens is 528 g/mol. The van der Waals surface area contributed by atoms with E-state index in [4.69, 9.17) is 18.9 Å². The molecule has 3 atom stereocenters. The van der Waals surface area contributed by atoms with Gasteiger partial charge in [-0.3, -0.25) is 4.79 Å². The Morgan fingerprint density at radius 1 is 1.10 bits per heavy atom. The number of fused-ring (bicyclic) bond motifs is 3. The molecule has 0 bridgehead atoms. The molecule has 0 N–H and O–H groups in total. The molecule has 0 spiro atoms. The molecule has 6 nitrogen and oxygen atoms in total. The van der Waals surface area contributed by atoms with Gasteiger partial charge < -0.3 is 18.9 Å². The molecule has 0 unspecified atom stereocenters. The minimum atomic E-state index is -1.37. The van der Waals surface area contributed by atoms with Crippen LogP contribution in [-0.4, -0.2) is 43.0 Å². The number of alkyl halides is 1. The first-order chi connectivity index (χ1) is 19.8. The number of nitrogens with zero attached hydrogens (tertiary/aromatic N) is 1. The van der Waals surface area contributed by atoms with Crippen molar-refractivity contribution in [1.29, 1.82) is 0 Å².